The van der Waals surface area contributed by atoms with E-state index in [0.717, 1.165) is 11.3 Å². The van der Waals surface area contributed by atoms with E-state index in [0.29, 0.717) is 26.3 Å². The highest BCUT2D eigenvalue weighted by Crippen LogP contribution is 2.25. The third-order valence-electron chi connectivity index (χ3n) is 2.90. The van der Waals surface area contributed by atoms with E-state index in [-0.39, 0.29) is 11.3 Å². The summed E-state index contributed by atoms with van der Waals surface area (Å²) in [6.45, 7) is 9.39. The van der Waals surface area contributed by atoms with Gasteiger partial charge in [0.05, 0.1) is 18.1 Å². The molecular weight excluding hydrogens is 246 g/mol. The molecule has 2 rings (SSSR count). The van der Waals surface area contributed by atoms with Crippen LogP contribution in [-0.4, -0.2) is 37.1 Å². The molecule has 100 valence electrons. The molecule has 1 amide bonds. The van der Waals surface area contributed by atoms with E-state index in [2.05, 4.69) is 26.2 Å². The van der Waals surface area contributed by atoms with Crippen molar-refractivity contribution in [3.63, 3.8) is 0 Å². The number of nitrogens with zero attached hydrogens (tertiary/aromatic N) is 1. The monoisotopic (exact) mass is 267 g/mol. The fourth-order valence-corrected chi connectivity index (χ4v) is 2.99. The van der Waals surface area contributed by atoms with Crippen molar-refractivity contribution in [1.82, 2.24) is 4.90 Å². The molecule has 1 aromatic heterocycles. The maximum atomic E-state index is 12.3. The summed E-state index contributed by atoms with van der Waals surface area (Å²) in [7, 11) is 0. The van der Waals surface area contributed by atoms with Crippen molar-refractivity contribution in [2.75, 3.05) is 26.3 Å². The van der Waals surface area contributed by atoms with Crippen LogP contribution in [0.4, 0.5) is 0 Å². The summed E-state index contributed by atoms with van der Waals surface area (Å²) < 4.78 is 5.27. The van der Waals surface area contributed by atoms with Crippen LogP contribution in [0.5, 0.6) is 0 Å². The van der Waals surface area contributed by atoms with Crippen LogP contribution >= 0.6 is 11.3 Å². The highest BCUT2D eigenvalue weighted by atomic mass is 32.1. The number of hydrogen-bond acceptors (Lipinski definition) is 3. The third-order valence-corrected chi connectivity index (χ3v) is 3.86. The Labute approximate surface area is 113 Å². The first-order valence-corrected chi connectivity index (χ1v) is 7.28. The maximum absolute atomic E-state index is 12.3. The molecule has 1 aromatic rings. The quantitative estimate of drug-likeness (QED) is 0.824. The average molecular weight is 267 g/mol. The first-order chi connectivity index (χ1) is 8.46. The lowest BCUT2D eigenvalue weighted by atomic mass is 9.89. The van der Waals surface area contributed by atoms with Crippen molar-refractivity contribution < 1.29 is 9.53 Å². The van der Waals surface area contributed by atoms with Gasteiger partial charge in [-0.15, -0.1) is 11.3 Å². The second kappa shape index (κ2) is 5.41. The molecule has 1 saturated heterocycles. The molecule has 18 heavy (non-hydrogen) atoms. The molecule has 0 aromatic carbocycles. The van der Waals surface area contributed by atoms with Gasteiger partial charge in [0, 0.05) is 13.1 Å². The summed E-state index contributed by atoms with van der Waals surface area (Å²) in [5, 5.41) is 2.11. The molecule has 1 aliphatic rings. The van der Waals surface area contributed by atoms with E-state index in [9.17, 15) is 4.79 Å². The van der Waals surface area contributed by atoms with Gasteiger partial charge < -0.3 is 9.64 Å². The molecule has 2 heterocycles. The molecule has 0 saturated carbocycles. The fourth-order valence-electron chi connectivity index (χ4n) is 2.12. The Morgan fingerprint density at radius 2 is 2.06 bits per heavy atom. The van der Waals surface area contributed by atoms with Crippen LogP contribution in [0.3, 0.4) is 0 Å². The van der Waals surface area contributed by atoms with E-state index in [1.807, 2.05) is 11.0 Å². The predicted octanol–water partition coefficient (Wildman–Crippen LogP) is 2.81. The normalized spacial score (nSPS) is 16.9. The minimum Gasteiger partial charge on any atom is -0.378 e. The van der Waals surface area contributed by atoms with Gasteiger partial charge >= 0.3 is 0 Å². The van der Waals surface area contributed by atoms with Gasteiger partial charge in [-0.05, 0) is 28.8 Å². The van der Waals surface area contributed by atoms with Gasteiger partial charge in [-0.2, -0.15) is 0 Å². The van der Waals surface area contributed by atoms with Crippen LogP contribution < -0.4 is 0 Å². The fraction of sp³-hybridized carbons (Fsp3) is 0.643. The summed E-state index contributed by atoms with van der Waals surface area (Å²) in [6.07, 6.45) is 1.01. The highest BCUT2D eigenvalue weighted by Gasteiger charge is 2.21. The Hall–Kier alpha value is -0.870. The number of thiophene rings is 1. The number of amides is 1. The van der Waals surface area contributed by atoms with Crippen LogP contribution in [0, 0.1) is 5.41 Å². The van der Waals surface area contributed by atoms with Crippen molar-refractivity contribution in [2.45, 2.75) is 27.2 Å². The Bertz CT molecular complexity index is 414. The molecule has 0 bridgehead atoms. The average Bonchev–Trinajstić information content (AvgIpc) is 2.75. The zero-order valence-electron chi connectivity index (χ0n) is 11.4. The summed E-state index contributed by atoms with van der Waals surface area (Å²) in [4.78, 5) is 15.0. The Morgan fingerprint density at radius 3 is 2.67 bits per heavy atom. The van der Waals surface area contributed by atoms with Gasteiger partial charge in [-0.25, -0.2) is 0 Å². The van der Waals surface area contributed by atoms with E-state index in [1.54, 1.807) is 11.3 Å². The first-order valence-electron chi connectivity index (χ1n) is 6.40. The second-order valence-corrected chi connectivity index (χ2v) is 6.87. The summed E-state index contributed by atoms with van der Waals surface area (Å²) in [5.41, 5.74) is 1.53. The van der Waals surface area contributed by atoms with Gasteiger partial charge in [0.1, 0.15) is 0 Å². The minimum atomic E-state index is 0.156. The third kappa shape index (κ3) is 3.56. The zero-order valence-corrected chi connectivity index (χ0v) is 12.2. The molecule has 1 fully saturated rings. The van der Waals surface area contributed by atoms with Crippen LogP contribution in [0.2, 0.25) is 0 Å². The molecule has 3 nitrogen and oxygen atoms in total. The number of carbonyl (C=O) groups is 1. The van der Waals surface area contributed by atoms with Crippen LogP contribution in [0.25, 0.3) is 0 Å². The van der Waals surface area contributed by atoms with Crippen LogP contribution in [0.1, 0.15) is 36.0 Å². The zero-order chi connectivity index (χ0) is 13.2. The molecule has 0 unspecified atom stereocenters. The number of ether oxygens (including phenoxy) is 1. The maximum Gasteiger partial charge on any atom is 0.264 e. The molecule has 0 radical (unpaired) electrons. The molecule has 0 N–H and O–H groups in total. The highest BCUT2D eigenvalue weighted by molar-refractivity contribution is 7.12. The predicted molar refractivity (Wildman–Crippen MR) is 74.2 cm³/mol. The second-order valence-electron chi connectivity index (χ2n) is 5.96. The number of carbonyl (C=O) groups excluding carboxylic acids is 1. The smallest absolute Gasteiger partial charge is 0.264 e. The van der Waals surface area contributed by atoms with Crippen molar-refractivity contribution in [3.05, 3.63) is 21.9 Å². The largest absolute Gasteiger partial charge is 0.378 e. The molecule has 1 aliphatic heterocycles. The minimum absolute atomic E-state index is 0.156. The van der Waals surface area contributed by atoms with Crippen molar-refractivity contribution in [1.29, 1.82) is 0 Å². The van der Waals surface area contributed by atoms with E-state index < -0.39 is 0 Å². The Kier molecular flexibility index (Phi) is 4.07. The molecule has 0 atom stereocenters. The molecule has 0 aliphatic carbocycles. The summed E-state index contributed by atoms with van der Waals surface area (Å²) in [6, 6.07) is 2.05. The van der Waals surface area contributed by atoms with Crippen LogP contribution in [-0.2, 0) is 11.2 Å². The van der Waals surface area contributed by atoms with Gasteiger partial charge in [0.2, 0.25) is 0 Å². The number of morpholine rings is 1. The molecular formula is C14H21NO2S. The van der Waals surface area contributed by atoms with Crippen LogP contribution in [0.15, 0.2) is 11.4 Å². The lowest BCUT2D eigenvalue weighted by Gasteiger charge is -2.26. The van der Waals surface area contributed by atoms with Gasteiger partial charge in [-0.3, -0.25) is 4.79 Å². The van der Waals surface area contributed by atoms with E-state index in [1.165, 1.54) is 5.56 Å². The lowest BCUT2D eigenvalue weighted by molar-refractivity contribution is 0.0306. The number of hydrogen-bond donors (Lipinski definition) is 0. The SMILES string of the molecule is CC(C)(C)Cc1csc(C(=O)N2CCOCC2)c1. The van der Waals surface area contributed by atoms with Gasteiger partial charge in [0.15, 0.2) is 0 Å². The van der Waals surface area contributed by atoms with Crippen molar-refractivity contribution >= 4 is 17.2 Å². The lowest BCUT2D eigenvalue weighted by Crippen LogP contribution is -2.40. The van der Waals surface area contributed by atoms with Crippen molar-refractivity contribution in [3.8, 4) is 0 Å². The summed E-state index contributed by atoms with van der Waals surface area (Å²) >= 11 is 1.56. The number of rotatable bonds is 2. The Balaban J connectivity index is 2.02. The van der Waals surface area contributed by atoms with E-state index in [4.69, 9.17) is 4.74 Å². The topological polar surface area (TPSA) is 29.5 Å². The first kappa shape index (κ1) is 13.6. The molecule has 0 spiro atoms. The van der Waals surface area contributed by atoms with Crippen molar-refractivity contribution in [2.24, 2.45) is 5.41 Å². The summed E-state index contributed by atoms with van der Waals surface area (Å²) in [5.74, 6) is 0.156. The standard InChI is InChI=1S/C14H21NO2S/c1-14(2,3)9-11-8-12(18-10-11)13(16)15-4-6-17-7-5-15/h8,10H,4-7,9H2,1-3H3. The van der Waals surface area contributed by atoms with Gasteiger partial charge in [0.25, 0.3) is 5.91 Å². The molecule has 4 heteroatoms. The van der Waals surface area contributed by atoms with E-state index >= 15 is 0 Å². The van der Waals surface area contributed by atoms with Gasteiger partial charge in [-0.1, -0.05) is 20.8 Å². The Morgan fingerprint density at radius 1 is 1.39 bits per heavy atom.